The molecule has 150 valence electrons. The maximum Gasteiger partial charge on any atom is 0.253 e. The van der Waals surface area contributed by atoms with Crippen molar-refractivity contribution >= 4 is 24.2 Å². The monoisotopic (exact) mass is 395 g/mol. The SMILES string of the molecule is Cl.NCc1ccc(C(=O)N2CCC3(CCC(=O)N(CCCO)C3)CC2)cc1. The zero-order valence-corrected chi connectivity index (χ0v) is 16.5. The molecule has 27 heavy (non-hydrogen) atoms. The number of carbonyl (C=O) groups is 2. The lowest BCUT2D eigenvalue weighted by Crippen LogP contribution is -2.52. The van der Waals surface area contributed by atoms with Gasteiger partial charge in [0.25, 0.3) is 5.91 Å². The van der Waals surface area contributed by atoms with E-state index < -0.39 is 0 Å². The number of rotatable bonds is 5. The summed E-state index contributed by atoms with van der Waals surface area (Å²) in [6.45, 7) is 3.46. The number of halogens is 1. The van der Waals surface area contributed by atoms with Gasteiger partial charge in [0.05, 0.1) is 0 Å². The number of likely N-dealkylation sites (tertiary alicyclic amines) is 2. The molecule has 6 nitrogen and oxygen atoms in total. The van der Waals surface area contributed by atoms with E-state index in [1.54, 1.807) is 0 Å². The van der Waals surface area contributed by atoms with E-state index >= 15 is 0 Å². The van der Waals surface area contributed by atoms with Crippen molar-refractivity contribution in [2.45, 2.75) is 38.6 Å². The predicted octanol–water partition coefficient (Wildman–Crippen LogP) is 1.79. The van der Waals surface area contributed by atoms with Crippen LogP contribution in [0.4, 0.5) is 0 Å². The third-order valence-electron chi connectivity index (χ3n) is 5.88. The Kier molecular flexibility index (Phi) is 7.65. The fourth-order valence-corrected chi connectivity index (χ4v) is 4.13. The lowest BCUT2D eigenvalue weighted by molar-refractivity contribution is -0.139. The van der Waals surface area contributed by atoms with Crippen molar-refractivity contribution < 1.29 is 14.7 Å². The number of nitrogens with zero attached hydrogens (tertiary/aromatic N) is 2. The van der Waals surface area contributed by atoms with Gasteiger partial charge in [-0.2, -0.15) is 0 Å². The Morgan fingerprint density at radius 3 is 2.41 bits per heavy atom. The van der Waals surface area contributed by atoms with Crippen LogP contribution in [0.2, 0.25) is 0 Å². The molecular weight excluding hydrogens is 366 g/mol. The van der Waals surface area contributed by atoms with Gasteiger partial charge >= 0.3 is 0 Å². The van der Waals surface area contributed by atoms with Crippen molar-refractivity contribution in [3.05, 3.63) is 35.4 Å². The van der Waals surface area contributed by atoms with E-state index in [0.29, 0.717) is 31.5 Å². The molecule has 0 aliphatic carbocycles. The standard InChI is InChI=1S/C20H29N3O3.ClH/c21-14-16-2-4-17(5-3-16)19(26)22-11-8-20(9-12-22)7-6-18(25)23(15-20)10-1-13-24;/h2-5,24H,1,6-15,21H2;1H. The average Bonchev–Trinajstić information content (AvgIpc) is 2.69. The summed E-state index contributed by atoms with van der Waals surface area (Å²) in [7, 11) is 0. The van der Waals surface area contributed by atoms with Crippen molar-refractivity contribution in [1.82, 2.24) is 9.80 Å². The molecule has 2 aliphatic heterocycles. The van der Waals surface area contributed by atoms with Crippen LogP contribution in [0, 0.1) is 5.41 Å². The number of amides is 2. The smallest absolute Gasteiger partial charge is 0.253 e. The lowest BCUT2D eigenvalue weighted by Gasteiger charge is -2.47. The van der Waals surface area contributed by atoms with Crippen LogP contribution in [0.25, 0.3) is 0 Å². The van der Waals surface area contributed by atoms with Gasteiger partial charge in [0.15, 0.2) is 0 Å². The van der Waals surface area contributed by atoms with Gasteiger partial charge in [-0.15, -0.1) is 12.4 Å². The minimum atomic E-state index is 0. The molecule has 2 fully saturated rings. The average molecular weight is 396 g/mol. The third-order valence-corrected chi connectivity index (χ3v) is 5.88. The molecule has 1 spiro atoms. The topological polar surface area (TPSA) is 86.9 Å². The number of aliphatic hydroxyl groups is 1. The van der Waals surface area contributed by atoms with Crippen LogP contribution in [0.3, 0.4) is 0 Å². The highest BCUT2D eigenvalue weighted by molar-refractivity contribution is 5.94. The van der Waals surface area contributed by atoms with Crippen LogP contribution >= 0.6 is 12.4 Å². The van der Waals surface area contributed by atoms with E-state index in [1.165, 1.54) is 0 Å². The largest absolute Gasteiger partial charge is 0.396 e. The maximum atomic E-state index is 12.7. The van der Waals surface area contributed by atoms with E-state index in [4.69, 9.17) is 10.8 Å². The van der Waals surface area contributed by atoms with Crippen molar-refractivity contribution in [1.29, 1.82) is 0 Å². The van der Waals surface area contributed by atoms with Crippen molar-refractivity contribution in [2.75, 3.05) is 32.8 Å². The predicted molar refractivity (Wildman–Crippen MR) is 107 cm³/mol. The summed E-state index contributed by atoms with van der Waals surface area (Å²) in [6.07, 6.45) is 3.99. The molecule has 2 aliphatic rings. The zero-order valence-electron chi connectivity index (χ0n) is 15.7. The van der Waals surface area contributed by atoms with Gasteiger partial charge in [-0.3, -0.25) is 9.59 Å². The van der Waals surface area contributed by atoms with Crippen LogP contribution in [0.5, 0.6) is 0 Å². The molecular formula is C20H30ClN3O3. The van der Waals surface area contributed by atoms with Gasteiger partial charge < -0.3 is 20.6 Å². The summed E-state index contributed by atoms with van der Waals surface area (Å²) in [4.78, 5) is 28.7. The molecule has 3 N–H and O–H groups in total. The molecule has 0 bridgehead atoms. The number of piperidine rings is 2. The molecule has 1 aromatic carbocycles. The number of benzene rings is 1. The molecule has 2 saturated heterocycles. The molecule has 0 unspecified atom stereocenters. The number of carbonyl (C=O) groups excluding carboxylic acids is 2. The second-order valence-corrected chi connectivity index (χ2v) is 7.59. The van der Waals surface area contributed by atoms with Crippen LogP contribution < -0.4 is 5.73 Å². The number of hydrogen-bond acceptors (Lipinski definition) is 4. The third kappa shape index (κ3) is 5.00. The summed E-state index contributed by atoms with van der Waals surface area (Å²) < 4.78 is 0. The summed E-state index contributed by atoms with van der Waals surface area (Å²) >= 11 is 0. The Bertz CT molecular complexity index is 642. The van der Waals surface area contributed by atoms with E-state index in [9.17, 15) is 9.59 Å². The summed E-state index contributed by atoms with van der Waals surface area (Å²) in [5.41, 5.74) is 7.47. The van der Waals surface area contributed by atoms with Gasteiger partial charge in [-0.1, -0.05) is 12.1 Å². The van der Waals surface area contributed by atoms with Gasteiger partial charge in [-0.05, 0) is 48.8 Å². The van der Waals surface area contributed by atoms with E-state index in [-0.39, 0.29) is 36.2 Å². The van der Waals surface area contributed by atoms with E-state index in [2.05, 4.69) is 0 Å². The minimum Gasteiger partial charge on any atom is -0.396 e. The van der Waals surface area contributed by atoms with Crippen LogP contribution in [0.15, 0.2) is 24.3 Å². The van der Waals surface area contributed by atoms with Crippen molar-refractivity contribution in [3.63, 3.8) is 0 Å². The Labute approximate surface area is 167 Å². The second kappa shape index (κ2) is 9.53. The first kappa shape index (κ1) is 21.7. The van der Waals surface area contributed by atoms with Gasteiger partial charge in [-0.25, -0.2) is 0 Å². The Hall–Kier alpha value is -1.63. The highest BCUT2D eigenvalue weighted by atomic mass is 35.5. The fourth-order valence-electron chi connectivity index (χ4n) is 4.13. The molecule has 2 heterocycles. The van der Waals surface area contributed by atoms with Crippen LogP contribution in [-0.2, 0) is 11.3 Å². The Balaban J connectivity index is 0.00000261. The fraction of sp³-hybridized carbons (Fsp3) is 0.600. The zero-order chi connectivity index (χ0) is 18.6. The Morgan fingerprint density at radius 1 is 1.15 bits per heavy atom. The lowest BCUT2D eigenvalue weighted by atomic mass is 9.72. The highest BCUT2D eigenvalue weighted by Crippen LogP contribution is 2.40. The summed E-state index contributed by atoms with van der Waals surface area (Å²) in [5.74, 6) is 0.273. The van der Waals surface area contributed by atoms with E-state index in [0.717, 1.165) is 44.5 Å². The molecule has 7 heteroatoms. The first-order valence-corrected chi connectivity index (χ1v) is 9.54. The van der Waals surface area contributed by atoms with Crippen molar-refractivity contribution in [2.24, 2.45) is 11.1 Å². The molecule has 0 radical (unpaired) electrons. The summed E-state index contributed by atoms with van der Waals surface area (Å²) in [5, 5.41) is 9.03. The maximum absolute atomic E-state index is 12.7. The second-order valence-electron chi connectivity index (χ2n) is 7.59. The molecule has 2 amide bonds. The highest BCUT2D eigenvalue weighted by Gasteiger charge is 2.41. The molecule has 3 rings (SSSR count). The number of aliphatic hydroxyl groups excluding tert-OH is 1. The first-order chi connectivity index (χ1) is 12.6. The minimum absolute atomic E-state index is 0. The number of nitrogens with two attached hydrogens (primary N) is 1. The van der Waals surface area contributed by atoms with Gasteiger partial charge in [0.1, 0.15) is 0 Å². The van der Waals surface area contributed by atoms with Crippen molar-refractivity contribution in [3.8, 4) is 0 Å². The van der Waals surface area contributed by atoms with E-state index in [1.807, 2.05) is 34.1 Å². The number of hydrogen-bond donors (Lipinski definition) is 2. The normalized spacial score (nSPS) is 19.1. The van der Waals surface area contributed by atoms with Gasteiger partial charge in [0.2, 0.25) is 5.91 Å². The molecule has 1 aromatic rings. The quantitative estimate of drug-likeness (QED) is 0.795. The molecule has 0 saturated carbocycles. The Morgan fingerprint density at radius 2 is 1.81 bits per heavy atom. The molecule has 0 aromatic heterocycles. The molecule has 0 atom stereocenters. The first-order valence-electron chi connectivity index (χ1n) is 9.54. The van der Waals surface area contributed by atoms with Gasteiger partial charge in [0, 0.05) is 51.3 Å². The van der Waals surface area contributed by atoms with Crippen LogP contribution in [-0.4, -0.2) is 59.5 Å². The summed E-state index contributed by atoms with van der Waals surface area (Å²) in [6, 6.07) is 7.52. The van der Waals surface area contributed by atoms with Crippen LogP contribution in [0.1, 0.15) is 48.0 Å².